The van der Waals surface area contributed by atoms with Crippen molar-refractivity contribution in [2.75, 3.05) is 24.7 Å². The van der Waals surface area contributed by atoms with Crippen molar-refractivity contribution in [1.29, 1.82) is 0 Å². The van der Waals surface area contributed by atoms with Crippen LogP contribution in [0.15, 0.2) is 0 Å². The number of nitrogens with one attached hydrogen (secondary N) is 1. The average molecular weight is 245 g/mol. The molecule has 3 nitrogen and oxygen atoms in total. The zero-order chi connectivity index (χ0) is 11.8. The summed E-state index contributed by atoms with van der Waals surface area (Å²) in [6.45, 7) is 2.95. The van der Waals surface area contributed by atoms with Gasteiger partial charge in [0.15, 0.2) is 0 Å². The number of hydrogen-bond donors (Lipinski definition) is 2. The van der Waals surface area contributed by atoms with Crippen LogP contribution in [0.5, 0.6) is 0 Å². The predicted molar refractivity (Wildman–Crippen MR) is 68.5 cm³/mol. The summed E-state index contributed by atoms with van der Waals surface area (Å²) in [4.78, 5) is 11.6. The van der Waals surface area contributed by atoms with E-state index in [1.54, 1.807) is 0 Å². The van der Waals surface area contributed by atoms with Gasteiger partial charge in [-0.05, 0) is 42.6 Å². The largest absolute Gasteiger partial charge is 0.396 e. The van der Waals surface area contributed by atoms with Gasteiger partial charge in [0, 0.05) is 19.6 Å². The molecule has 94 valence electrons. The highest BCUT2D eigenvalue weighted by Gasteiger charge is 2.17. The third kappa shape index (κ3) is 5.75. The van der Waals surface area contributed by atoms with Crippen molar-refractivity contribution in [3.05, 3.63) is 0 Å². The normalized spacial score (nSPS) is 19.4. The summed E-state index contributed by atoms with van der Waals surface area (Å²) in [5.74, 6) is 3.56. The number of thioether (sulfide) groups is 1. The summed E-state index contributed by atoms with van der Waals surface area (Å²) in [6, 6.07) is 0. The summed E-state index contributed by atoms with van der Waals surface area (Å²) in [7, 11) is 0. The number of carbonyl (C=O) groups excluding carboxylic acids is 1. The maximum absolute atomic E-state index is 11.6. The number of aliphatic hydroxyl groups excluding tert-OH is 1. The van der Waals surface area contributed by atoms with E-state index in [4.69, 9.17) is 5.11 Å². The quantitative estimate of drug-likeness (QED) is 0.748. The van der Waals surface area contributed by atoms with E-state index in [1.807, 2.05) is 18.7 Å². The van der Waals surface area contributed by atoms with Crippen LogP contribution < -0.4 is 5.32 Å². The summed E-state index contributed by atoms with van der Waals surface area (Å²) < 4.78 is 0. The first kappa shape index (κ1) is 13.8. The Hall–Kier alpha value is -0.220. The summed E-state index contributed by atoms with van der Waals surface area (Å²) in [5, 5.41) is 11.7. The van der Waals surface area contributed by atoms with E-state index in [2.05, 4.69) is 5.32 Å². The number of aliphatic hydroxyl groups is 1. The molecular weight excluding hydrogens is 222 g/mol. The fourth-order valence-electron chi connectivity index (χ4n) is 1.90. The molecule has 1 heterocycles. The molecule has 1 atom stereocenters. The van der Waals surface area contributed by atoms with E-state index in [-0.39, 0.29) is 12.5 Å². The Labute approximate surface area is 102 Å². The minimum atomic E-state index is 0.182. The molecule has 2 N–H and O–H groups in total. The molecule has 0 aromatic rings. The molecule has 1 aliphatic heterocycles. The first-order valence-corrected chi connectivity index (χ1v) is 7.33. The fraction of sp³-hybridized carbons (Fsp3) is 0.917. The van der Waals surface area contributed by atoms with Gasteiger partial charge in [0.2, 0.25) is 5.91 Å². The minimum Gasteiger partial charge on any atom is -0.396 e. The monoisotopic (exact) mass is 245 g/mol. The third-order valence-electron chi connectivity index (χ3n) is 3.08. The molecule has 1 rings (SSSR count). The average Bonchev–Trinajstić information content (AvgIpc) is 2.28. The predicted octanol–water partition coefficient (Wildman–Crippen LogP) is 1.65. The van der Waals surface area contributed by atoms with Crippen LogP contribution in [0.4, 0.5) is 0 Å². The highest BCUT2D eigenvalue weighted by atomic mass is 32.2. The topological polar surface area (TPSA) is 49.3 Å². The molecule has 0 aromatic heterocycles. The van der Waals surface area contributed by atoms with Crippen LogP contribution in [0.1, 0.15) is 32.6 Å². The number of rotatable bonds is 6. The van der Waals surface area contributed by atoms with Crippen LogP contribution in [0.3, 0.4) is 0 Å². The zero-order valence-corrected chi connectivity index (χ0v) is 10.9. The molecule has 1 saturated heterocycles. The van der Waals surface area contributed by atoms with Crippen LogP contribution in [-0.2, 0) is 4.79 Å². The Morgan fingerprint density at radius 1 is 1.50 bits per heavy atom. The van der Waals surface area contributed by atoms with Crippen LogP contribution in [0.25, 0.3) is 0 Å². The Morgan fingerprint density at radius 2 is 2.19 bits per heavy atom. The summed E-state index contributed by atoms with van der Waals surface area (Å²) in [6.07, 6.45) is 3.82. The molecule has 1 aliphatic rings. The summed E-state index contributed by atoms with van der Waals surface area (Å²) in [5.41, 5.74) is 0. The molecule has 1 fully saturated rings. The van der Waals surface area contributed by atoms with E-state index in [0.717, 1.165) is 6.42 Å². The van der Waals surface area contributed by atoms with E-state index >= 15 is 0 Å². The first-order chi connectivity index (χ1) is 7.72. The van der Waals surface area contributed by atoms with Gasteiger partial charge in [-0.2, -0.15) is 11.8 Å². The molecule has 0 radical (unpaired) electrons. The Morgan fingerprint density at radius 3 is 2.81 bits per heavy atom. The highest BCUT2D eigenvalue weighted by Crippen LogP contribution is 2.24. The molecule has 4 heteroatoms. The van der Waals surface area contributed by atoms with E-state index in [1.165, 1.54) is 24.3 Å². The molecule has 0 spiro atoms. The van der Waals surface area contributed by atoms with Gasteiger partial charge in [0.1, 0.15) is 0 Å². The second-order valence-electron chi connectivity index (χ2n) is 4.68. The lowest BCUT2D eigenvalue weighted by molar-refractivity contribution is -0.122. The Bertz CT molecular complexity index is 205. The SMILES string of the molecule is CC(CCO)CNC(=O)CC1CCSCC1. The molecule has 1 amide bonds. The van der Waals surface area contributed by atoms with Crippen molar-refractivity contribution >= 4 is 17.7 Å². The highest BCUT2D eigenvalue weighted by molar-refractivity contribution is 7.99. The van der Waals surface area contributed by atoms with Crippen molar-refractivity contribution < 1.29 is 9.90 Å². The van der Waals surface area contributed by atoms with E-state index < -0.39 is 0 Å². The minimum absolute atomic E-state index is 0.182. The lowest BCUT2D eigenvalue weighted by Gasteiger charge is -2.21. The van der Waals surface area contributed by atoms with Crippen molar-refractivity contribution in [3.8, 4) is 0 Å². The molecule has 16 heavy (non-hydrogen) atoms. The van der Waals surface area contributed by atoms with Gasteiger partial charge in [0.25, 0.3) is 0 Å². The standard InChI is InChI=1S/C12H23NO2S/c1-10(2-5-14)9-13-12(15)8-11-3-6-16-7-4-11/h10-11,14H,2-9H2,1H3,(H,13,15). The van der Waals surface area contributed by atoms with Gasteiger partial charge in [-0.1, -0.05) is 6.92 Å². The van der Waals surface area contributed by atoms with Crippen LogP contribution in [-0.4, -0.2) is 35.7 Å². The van der Waals surface area contributed by atoms with Crippen molar-refractivity contribution in [1.82, 2.24) is 5.32 Å². The van der Waals surface area contributed by atoms with Gasteiger partial charge >= 0.3 is 0 Å². The van der Waals surface area contributed by atoms with Gasteiger partial charge < -0.3 is 10.4 Å². The Kier molecular flexibility index (Phi) is 6.88. The van der Waals surface area contributed by atoms with Crippen molar-refractivity contribution in [3.63, 3.8) is 0 Å². The molecule has 0 saturated carbocycles. The second kappa shape index (κ2) is 7.96. The van der Waals surface area contributed by atoms with Gasteiger partial charge in [0.05, 0.1) is 0 Å². The van der Waals surface area contributed by atoms with Crippen molar-refractivity contribution in [2.45, 2.75) is 32.6 Å². The first-order valence-electron chi connectivity index (χ1n) is 6.17. The third-order valence-corrected chi connectivity index (χ3v) is 4.13. The molecule has 0 bridgehead atoms. The molecule has 0 aromatic carbocycles. The second-order valence-corrected chi connectivity index (χ2v) is 5.91. The van der Waals surface area contributed by atoms with Crippen LogP contribution >= 0.6 is 11.8 Å². The van der Waals surface area contributed by atoms with Gasteiger partial charge in [-0.25, -0.2) is 0 Å². The number of hydrogen-bond acceptors (Lipinski definition) is 3. The van der Waals surface area contributed by atoms with E-state index in [9.17, 15) is 4.79 Å². The maximum atomic E-state index is 11.6. The molecule has 1 unspecified atom stereocenters. The van der Waals surface area contributed by atoms with Crippen LogP contribution in [0.2, 0.25) is 0 Å². The molecule has 0 aliphatic carbocycles. The summed E-state index contributed by atoms with van der Waals surface area (Å²) >= 11 is 1.99. The van der Waals surface area contributed by atoms with Gasteiger partial charge in [-0.3, -0.25) is 4.79 Å². The van der Waals surface area contributed by atoms with Crippen molar-refractivity contribution in [2.24, 2.45) is 11.8 Å². The van der Waals surface area contributed by atoms with Gasteiger partial charge in [-0.15, -0.1) is 0 Å². The maximum Gasteiger partial charge on any atom is 0.220 e. The smallest absolute Gasteiger partial charge is 0.220 e. The number of carbonyl (C=O) groups is 1. The number of amides is 1. The zero-order valence-electron chi connectivity index (χ0n) is 10.1. The lowest BCUT2D eigenvalue weighted by Crippen LogP contribution is -2.30. The lowest BCUT2D eigenvalue weighted by atomic mass is 9.98. The molecular formula is C12H23NO2S. The Balaban J connectivity index is 2.10. The fourth-order valence-corrected chi connectivity index (χ4v) is 3.10. The van der Waals surface area contributed by atoms with E-state index in [0.29, 0.717) is 24.8 Å². The van der Waals surface area contributed by atoms with Crippen LogP contribution in [0, 0.1) is 11.8 Å².